The quantitative estimate of drug-likeness (QED) is 0.887. The lowest BCUT2D eigenvalue weighted by molar-refractivity contribution is 0.0858. The van der Waals surface area contributed by atoms with Crippen molar-refractivity contribution in [1.82, 2.24) is 14.7 Å². The number of primary sulfonamides is 1. The van der Waals surface area contributed by atoms with Gasteiger partial charge in [0.25, 0.3) is 10.0 Å². The Hall–Kier alpha value is -2.39. The van der Waals surface area contributed by atoms with Crippen LogP contribution in [0.1, 0.15) is 11.3 Å². The molecule has 2 heterocycles. The number of rotatable bonds is 3. The van der Waals surface area contributed by atoms with Gasteiger partial charge in [-0.25, -0.2) is 18.4 Å². The highest BCUT2D eigenvalue weighted by atomic mass is 32.2. The SMILES string of the molecule is NS(=O)(=O)c1cc2n(n1)CCN(C(=O)OCc1ccccc1)C2. The molecule has 0 saturated carbocycles. The Bertz CT molecular complexity index is 817. The van der Waals surface area contributed by atoms with E-state index in [0.717, 1.165) is 5.56 Å². The maximum Gasteiger partial charge on any atom is 0.410 e. The molecule has 0 unspecified atom stereocenters. The molecule has 0 spiro atoms. The first-order valence-electron chi connectivity index (χ1n) is 6.98. The summed E-state index contributed by atoms with van der Waals surface area (Å²) in [5.74, 6) is 0. The van der Waals surface area contributed by atoms with Crippen LogP contribution < -0.4 is 5.14 Å². The summed E-state index contributed by atoms with van der Waals surface area (Å²) in [6, 6.07) is 10.8. The highest BCUT2D eigenvalue weighted by molar-refractivity contribution is 7.89. The molecule has 1 aromatic carbocycles. The van der Waals surface area contributed by atoms with Crippen LogP contribution in [0.25, 0.3) is 0 Å². The average molecular weight is 336 g/mol. The molecule has 0 atom stereocenters. The predicted molar refractivity (Wildman–Crippen MR) is 80.6 cm³/mol. The molecular formula is C14H16N4O4S. The highest BCUT2D eigenvalue weighted by Gasteiger charge is 2.25. The molecular weight excluding hydrogens is 320 g/mol. The molecule has 1 aromatic heterocycles. The molecule has 1 aliphatic heterocycles. The van der Waals surface area contributed by atoms with Gasteiger partial charge in [-0.1, -0.05) is 30.3 Å². The van der Waals surface area contributed by atoms with Crippen molar-refractivity contribution >= 4 is 16.1 Å². The molecule has 3 rings (SSSR count). The van der Waals surface area contributed by atoms with E-state index in [2.05, 4.69) is 5.10 Å². The predicted octanol–water partition coefficient (Wildman–Crippen LogP) is 0.683. The fraction of sp³-hybridized carbons (Fsp3) is 0.286. The molecule has 2 N–H and O–H groups in total. The van der Waals surface area contributed by atoms with Crippen LogP contribution in [0.2, 0.25) is 0 Å². The van der Waals surface area contributed by atoms with Crippen molar-refractivity contribution in [2.24, 2.45) is 5.14 Å². The molecule has 122 valence electrons. The summed E-state index contributed by atoms with van der Waals surface area (Å²) in [5.41, 5.74) is 1.51. The molecule has 1 amide bonds. The van der Waals surface area contributed by atoms with Crippen LogP contribution >= 0.6 is 0 Å². The lowest BCUT2D eigenvalue weighted by atomic mass is 10.2. The Kier molecular flexibility index (Phi) is 4.05. The first-order chi connectivity index (χ1) is 10.9. The second-order valence-corrected chi connectivity index (χ2v) is 6.71. The Labute approximate surface area is 133 Å². The normalized spacial score (nSPS) is 14.4. The van der Waals surface area contributed by atoms with Crippen molar-refractivity contribution in [2.75, 3.05) is 6.54 Å². The van der Waals surface area contributed by atoms with Crippen LogP contribution in [-0.2, 0) is 34.5 Å². The summed E-state index contributed by atoms with van der Waals surface area (Å²) in [4.78, 5) is 13.6. The molecule has 0 saturated heterocycles. The molecule has 0 radical (unpaired) electrons. The number of fused-ring (bicyclic) bond motifs is 1. The third-order valence-corrected chi connectivity index (χ3v) is 4.31. The van der Waals surface area contributed by atoms with Gasteiger partial charge in [0.15, 0.2) is 5.03 Å². The van der Waals surface area contributed by atoms with Gasteiger partial charge < -0.3 is 9.64 Å². The molecule has 9 heteroatoms. The Morgan fingerprint density at radius 3 is 2.70 bits per heavy atom. The lowest BCUT2D eigenvalue weighted by Gasteiger charge is -2.26. The molecule has 0 aliphatic carbocycles. The summed E-state index contributed by atoms with van der Waals surface area (Å²) >= 11 is 0. The van der Waals surface area contributed by atoms with Gasteiger partial charge in [0.1, 0.15) is 6.61 Å². The molecule has 1 aliphatic rings. The van der Waals surface area contributed by atoms with Gasteiger partial charge in [0, 0.05) is 12.6 Å². The summed E-state index contributed by atoms with van der Waals surface area (Å²) in [6.07, 6.45) is -0.446. The minimum Gasteiger partial charge on any atom is -0.445 e. The summed E-state index contributed by atoms with van der Waals surface area (Å²) < 4.78 is 29.5. The maximum atomic E-state index is 12.1. The van der Waals surface area contributed by atoms with Crippen molar-refractivity contribution in [3.05, 3.63) is 47.7 Å². The van der Waals surface area contributed by atoms with Crippen LogP contribution in [0.3, 0.4) is 0 Å². The lowest BCUT2D eigenvalue weighted by Crippen LogP contribution is -2.38. The van der Waals surface area contributed by atoms with Crippen molar-refractivity contribution < 1.29 is 17.9 Å². The first kappa shape index (κ1) is 15.5. The monoisotopic (exact) mass is 336 g/mol. The highest BCUT2D eigenvalue weighted by Crippen LogP contribution is 2.17. The van der Waals surface area contributed by atoms with Crippen LogP contribution in [0.15, 0.2) is 41.4 Å². The second-order valence-electron chi connectivity index (χ2n) is 5.20. The van der Waals surface area contributed by atoms with Crippen LogP contribution in [-0.4, -0.2) is 35.7 Å². The van der Waals surface area contributed by atoms with E-state index in [4.69, 9.17) is 9.88 Å². The third-order valence-electron chi connectivity index (χ3n) is 3.53. The molecule has 0 fully saturated rings. The van der Waals surface area contributed by atoms with E-state index in [9.17, 15) is 13.2 Å². The topological polar surface area (TPSA) is 108 Å². The number of ether oxygens (including phenoxy) is 1. The number of amides is 1. The van der Waals surface area contributed by atoms with E-state index in [0.29, 0.717) is 18.8 Å². The zero-order valence-electron chi connectivity index (χ0n) is 12.3. The minimum absolute atomic E-state index is 0.188. The number of hydrogen-bond donors (Lipinski definition) is 1. The smallest absolute Gasteiger partial charge is 0.410 e. The van der Waals surface area contributed by atoms with E-state index in [-0.39, 0.29) is 18.2 Å². The number of nitrogens with zero attached hydrogens (tertiary/aromatic N) is 3. The molecule has 2 aromatic rings. The molecule has 0 bridgehead atoms. The summed E-state index contributed by atoms with van der Waals surface area (Å²) in [7, 11) is -3.85. The van der Waals surface area contributed by atoms with Crippen molar-refractivity contribution in [2.45, 2.75) is 24.7 Å². The van der Waals surface area contributed by atoms with Gasteiger partial charge >= 0.3 is 6.09 Å². The van der Waals surface area contributed by atoms with Crippen LogP contribution in [0, 0.1) is 0 Å². The van der Waals surface area contributed by atoms with E-state index in [1.807, 2.05) is 30.3 Å². The van der Waals surface area contributed by atoms with Gasteiger partial charge in [0.2, 0.25) is 0 Å². The molecule has 23 heavy (non-hydrogen) atoms. The van der Waals surface area contributed by atoms with Gasteiger partial charge in [-0.15, -0.1) is 0 Å². The number of benzene rings is 1. The fourth-order valence-electron chi connectivity index (χ4n) is 2.35. The number of sulfonamides is 1. The number of hydrogen-bond acceptors (Lipinski definition) is 5. The Balaban J connectivity index is 1.65. The van der Waals surface area contributed by atoms with Crippen molar-refractivity contribution in [1.29, 1.82) is 0 Å². The minimum atomic E-state index is -3.85. The van der Waals surface area contributed by atoms with Crippen molar-refractivity contribution in [3.8, 4) is 0 Å². The molecule has 8 nitrogen and oxygen atoms in total. The van der Waals surface area contributed by atoms with Crippen LogP contribution in [0.5, 0.6) is 0 Å². The largest absolute Gasteiger partial charge is 0.445 e. The summed E-state index contributed by atoms with van der Waals surface area (Å²) in [6.45, 7) is 1.21. The van der Waals surface area contributed by atoms with E-state index in [1.54, 1.807) is 4.68 Å². The third kappa shape index (κ3) is 3.51. The standard InChI is InChI=1S/C14H16N4O4S/c15-23(20,21)13-8-12-9-17(6-7-18(12)16-13)14(19)22-10-11-4-2-1-3-5-11/h1-5,8H,6-7,9-10H2,(H2,15,20,21). The van der Waals surface area contributed by atoms with E-state index >= 15 is 0 Å². The second kappa shape index (κ2) is 6.01. The number of aromatic nitrogens is 2. The van der Waals surface area contributed by atoms with E-state index in [1.165, 1.54) is 11.0 Å². The van der Waals surface area contributed by atoms with Gasteiger partial charge in [-0.2, -0.15) is 5.10 Å². The van der Waals surface area contributed by atoms with E-state index < -0.39 is 16.1 Å². The average Bonchev–Trinajstić information content (AvgIpc) is 2.97. The van der Waals surface area contributed by atoms with Crippen LogP contribution in [0.4, 0.5) is 4.79 Å². The van der Waals surface area contributed by atoms with Crippen molar-refractivity contribution in [3.63, 3.8) is 0 Å². The summed E-state index contributed by atoms with van der Waals surface area (Å²) in [5, 5.41) is 8.81. The zero-order valence-corrected chi connectivity index (χ0v) is 13.1. The first-order valence-corrected chi connectivity index (χ1v) is 8.53. The zero-order chi connectivity index (χ0) is 16.4. The van der Waals surface area contributed by atoms with Gasteiger partial charge in [-0.3, -0.25) is 4.68 Å². The number of carbonyl (C=O) groups is 1. The van der Waals surface area contributed by atoms with Gasteiger partial charge in [-0.05, 0) is 5.56 Å². The Morgan fingerprint density at radius 2 is 2.00 bits per heavy atom. The number of carbonyl (C=O) groups excluding carboxylic acids is 1. The fourth-order valence-corrected chi connectivity index (χ4v) is 2.86. The number of nitrogens with two attached hydrogens (primary N) is 1. The van der Waals surface area contributed by atoms with Gasteiger partial charge in [0.05, 0.1) is 18.8 Å². The maximum absolute atomic E-state index is 12.1. The Morgan fingerprint density at radius 1 is 1.26 bits per heavy atom.